The molecule has 0 bridgehead atoms. The van der Waals surface area contributed by atoms with Crippen molar-refractivity contribution in [1.82, 2.24) is 0 Å². The maximum atomic E-state index is 12.2. The van der Waals surface area contributed by atoms with E-state index in [0.29, 0.717) is 0 Å². The summed E-state index contributed by atoms with van der Waals surface area (Å²) in [4.78, 5) is 0. The molecule has 1 N–H and O–H groups in total. The van der Waals surface area contributed by atoms with E-state index in [-0.39, 0.29) is 25.2 Å². The Labute approximate surface area is 109 Å². The van der Waals surface area contributed by atoms with Gasteiger partial charge in [-0.1, -0.05) is 6.92 Å². The van der Waals surface area contributed by atoms with Crippen LogP contribution in [-0.4, -0.2) is 31.4 Å². The lowest BCUT2D eigenvalue weighted by molar-refractivity contribution is -0.211. The van der Waals surface area contributed by atoms with Crippen molar-refractivity contribution in [3.63, 3.8) is 0 Å². The molecule has 0 aliphatic heterocycles. The van der Waals surface area contributed by atoms with E-state index >= 15 is 0 Å². The van der Waals surface area contributed by atoms with Crippen LogP contribution in [0.1, 0.15) is 26.7 Å². The Kier molecular flexibility index (Phi) is 4.53. The van der Waals surface area contributed by atoms with Gasteiger partial charge in [-0.3, -0.25) is 0 Å². The van der Waals surface area contributed by atoms with Gasteiger partial charge in [-0.25, -0.2) is 0 Å². The van der Waals surface area contributed by atoms with Gasteiger partial charge < -0.3 is 14.0 Å². The van der Waals surface area contributed by atoms with Crippen molar-refractivity contribution in [1.29, 1.82) is 0 Å². The Morgan fingerprint density at radius 2 is 2.11 bits per heavy atom. The number of aliphatic hydroxyl groups is 1. The SMILES string of the molecule is CCOC1(O)CC=C(OS(=O)(=O)C(F)(F)F)C(C)C1. The van der Waals surface area contributed by atoms with Crippen LogP contribution in [0.25, 0.3) is 0 Å². The molecule has 0 aromatic carbocycles. The molecule has 112 valence electrons. The van der Waals surface area contributed by atoms with Gasteiger partial charge in [0.2, 0.25) is 0 Å². The number of ether oxygens (including phenoxy) is 1. The van der Waals surface area contributed by atoms with E-state index in [2.05, 4.69) is 4.18 Å². The lowest BCUT2D eigenvalue weighted by Gasteiger charge is -2.34. The van der Waals surface area contributed by atoms with Crippen molar-refractivity contribution in [2.75, 3.05) is 6.61 Å². The minimum Gasteiger partial charge on any atom is -0.381 e. The lowest BCUT2D eigenvalue weighted by Crippen LogP contribution is -2.38. The largest absolute Gasteiger partial charge is 0.534 e. The fourth-order valence-electron chi connectivity index (χ4n) is 1.80. The van der Waals surface area contributed by atoms with Crippen LogP contribution < -0.4 is 0 Å². The smallest absolute Gasteiger partial charge is 0.381 e. The van der Waals surface area contributed by atoms with Gasteiger partial charge in [0.25, 0.3) is 0 Å². The molecule has 9 heteroatoms. The third-order valence-electron chi connectivity index (χ3n) is 2.64. The van der Waals surface area contributed by atoms with Crippen LogP contribution in [-0.2, 0) is 19.0 Å². The lowest BCUT2D eigenvalue weighted by atomic mass is 9.90. The summed E-state index contributed by atoms with van der Waals surface area (Å²) in [5.74, 6) is -2.53. The van der Waals surface area contributed by atoms with E-state index in [0.717, 1.165) is 6.08 Å². The highest BCUT2D eigenvalue weighted by Gasteiger charge is 2.50. The Hall–Kier alpha value is -0.800. The molecule has 0 radical (unpaired) electrons. The van der Waals surface area contributed by atoms with Crippen molar-refractivity contribution < 1.29 is 35.6 Å². The average Bonchev–Trinajstić information content (AvgIpc) is 2.21. The molecular formula is C10H15F3O5S. The summed E-state index contributed by atoms with van der Waals surface area (Å²) in [5.41, 5.74) is -5.47. The molecule has 19 heavy (non-hydrogen) atoms. The standard InChI is InChI=1S/C10H15F3O5S/c1-3-17-9(14)5-4-8(7(2)6-9)18-19(15,16)10(11,12)13/h4,7,14H,3,5-6H2,1-2H3. The Morgan fingerprint density at radius 3 is 2.53 bits per heavy atom. The van der Waals surface area contributed by atoms with Gasteiger partial charge in [0, 0.05) is 25.4 Å². The van der Waals surface area contributed by atoms with Crippen LogP contribution in [0.5, 0.6) is 0 Å². The summed E-state index contributed by atoms with van der Waals surface area (Å²) in [5, 5.41) is 9.92. The summed E-state index contributed by atoms with van der Waals surface area (Å²) < 4.78 is 67.4. The molecule has 0 saturated carbocycles. The van der Waals surface area contributed by atoms with Crippen LogP contribution >= 0.6 is 0 Å². The molecular weight excluding hydrogens is 289 g/mol. The van der Waals surface area contributed by atoms with Crippen LogP contribution in [0.2, 0.25) is 0 Å². The highest BCUT2D eigenvalue weighted by molar-refractivity contribution is 7.87. The normalized spacial score (nSPS) is 28.9. The van der Waals surface area contributed by atoms with Crippen molar-refractivity contribution in [3.05, 3.63) is 11.8 Å². The van der Waals surface area contributed by atoms with Gasteiger partial charge in [0.05, 0.1) is 0 Å². The fraction of sp³-hybridized carbons (Fsp3) is 0.800. The highest BCUT2D eigenvalue weighted by atomic mass is 32.2. The van der Waals surface area contributed by atoms with Crippen molar-refractivity contribution in [2.45, 2.75) is 38.0 Å². The van der Waals surface area contributed by atoms with E-state index in [9.17, 15) is 26.7 Å². The topological polar surface area (TPSA) is 72.8 Å². The number of allylic oxidation sites excluding steroid dienone is 1. The zero-order chi connectivity index (χ0) is 14.9. The first kappa shape index (κ1) is 16.3. The molecule has 0 fully saturated rings. The molecule has 2 unspecified atom stereocenters. The number of hydrogen-bond acceptors (Lipinski definition) is 5. The van der Waals surface area contributed by atoms with Gasteiger partial charge in [-0.15, -0.1) is 0 Å². The van der Waals surface area contributed by atoms with Gasteiger partial charge in [0.15, 0.2) is 5.79 Å². The molecule has 1 aliphatic rings. The van der Waals surface area contributed by atoms with Crippen molar-refractivity contribution in [2.24, 2.45) is 5.92 Å². The molecule has 0 spiro atoms. The first-order valence-corrected chi connectivity index (χ1v) is 6.99. The summed E-state index contributed by atoms with van der Waals surface area (Å²) in [7, 11) is -5.67. The van der Waals surface area contributed by atoms with Gasteiger partial charge in [0.1, 0.15) is 5.76 Å². The fourth-order valence-corrected chi connectivity index (χ4v) is 2.38. The summed E-state index contributed by atoms with van der Waals surface area (Å²) >= 11 is 0. The number of rotatable bonds is 4. The van der Waals surface area contributed by atoms with Crippen LogP contribution in [0.4, 0.5) is 13.2 Å². The predicted octanol–water partition coefficient (Wildman–Crippen LogP) is 1.89. The second-order valence-corrected chi connectivity index (χ2v) is 5.82. The Morgan fingerprint density at radius 1 is 1.53 bits per heavy atom. The second kappa shape index (κ2) is 5.29. The summed E-state index contributed by atoms with van der Waals surface area (Å²) in [6.45, 7) is 3.33. The molecule has 0 amide bonds. The zero-order valence-electron chi connectivity index (χ0n) is 10.4. The minimum absolute atomic E-state index is 0.0416. The second-order valence-electron chi connectivity index (χ2n) is 4.28. The van der Waals surface area contributed by atoms with Crippen LogP contribution in [0, 0.1) is 5.92 Å². The first-order valence-electron chi connectivity index (χ1n) is 5.58. The Bertz CT molecular complexity index is 456. The van der Waals surface area contributed by atoms with Crippen molar-refractivity contribution in [3.8, 4) is 0 Å². The number of halogens is 3. The van der Waals surface area contributed by atoms with E-state index < -0.39 is 27.3 Å². The molecule has 0 aromatic heterocycles. The minimum atomic E-state index is -5.67. The average molecular weight is 304 g/mol. The molecule has 1 aliphatic carbocycles. The molecule has 0 aromatic rings. The monoisotopic (exact) mass is 304 g/mol. The number of hydrogen-bond donors (Lipinski definition) is 1. The van der Waals surface area contributed by atoms with E-state index in [1.807, 2.05) is 0 Å². The number of alkyl halides is 3. The Balaban J connectivity index is 2.86. The van der Waals surface area contributed by atoms with Gasteiger partial charge in [-0.05, 0) is 13.0 Å². The van der Waals surface area contributed by atoms with Crippen LogP contribution in [0.15, 0.2) is 11.8 Å². The van der Waals surface area contributed by atoms with Crippen molar-refractivity contribution >= 4 is 10.1 Å². The molecule has 5 nitrogen and oxygen atoms in total. The molecule has 2 atom stereocenters. The maximum absolute atomic E-state index is 12.2. The first-order chi connectivity index (χ1) is 8.51. The molecule has 1 rings (SSSR count). The van der Waals surface area contributed by atoms with E-state index in [1.165, 1.54) is 6.92 Å². The third kappa shape index (κ3) is 3.83. The molecule has 0 saturated heterocycles. The van der Waals surface area contributed by atoms with Gasteiger partial charge in [-0.2, -0.15) is 21.6 Å². The van der Waals surface area contributed by atoms with E-state index in [1.54, 1.807) is 6.92 Å². The predicted molar refractivity (Wildman–Crippen MR) is 59.1 cm³/mol. The third-order valence-corrected chi connectivity index (χ3v) is 3.61. The zero-order valence-corrected chi connectivity index (χ0v) is 11.2. The van der Waals surface area contributed by atoms with Crippen LogP contribution in [0.3, 0.4) is 0 Å². The molecule has 0 heterocycles. The highest BCUT2D eigenvalue weighted by Crippen LogP contribution is 2.36. The summed E-state index contributed by atoms with van der Waals surface area (Å²) in [6.07, 6.45) is 0.932. The quantitative estimate of drug-likeness (QED) is 0.488. The van der Waals surface area contributed by atoms with Gasteiger partial charge >= 0.3 is 15.6 Å². The maximum Gasteiger partial charge on any atom is 0.534 e. The van der Waals surface area contributed by atoms with E-state index in [4.69, 9.17) is 4.74 Å². The summed E-state index contributed by atoms with van der Waals surface area (Å²) in [6, 6.07) is 0.